The Kier molecular flexibility index (Phi) is 33.2. The van der Waals surface area contributed by atoms with Gasteiger partial charge in [0.05, 0.1) is 22.3 Å². The first kappa shape index (κ1) is 97.1. The average molecular weight is 1730 g/mol. The molecule has 2 atom stereocenters. The molecule has 0 bridgehead atoms. The van der Waals surface area contributed by atoms with E-state index in [9.17, 15) is 176 Å². The molecular weight excluding hydrogens is 1690 g/mol. The van der Waals surface area contributed by atoms with Gasteiger partial charge in [0.25, 0.3) is 0 Å². The zero-order chi connectivity index (χ0) is 87.9. The Morgan fingerprint density at radius 1 is 0.316 bits per heavy atom. The van der Waals surface area contributed by atoms with Crippen molar-refractivity contribution in [3.05, 3.63) is 262 Å². The number of hydrogen-bond donors (Lipinski definition) is 1. The molecule has 0 spiro atoms. The zero-order valence-corrected chi connectivity index (χ0v) is 59.3. The third-order valence-electron chi connectivity index (χ3n) is 15.5. The molecule has 0 aliphatic heterocycles. The number of alkyl halides is 5. The van der Waals surface area contributed by atoms with Gasteiger partial charge in [0.15, 0.2) is 175 Å². The van der Waals surface area contributed by atoms with E-state index >= 15 is 0 Å². The SMILES string of the molecule is CCCCP(CC(C)CCC)c1cc(F)c(F)c(C(F)(F)C(F)(F)F)c1F.Cc1cc(-c2c(F)c(F)c(F)c(F)c2F)c(F)c(F)c1F.Cc1cc(-c2c(F)c(F)c(F)c(F)c2F)c(F)c(F)c1F.Cc1cc(-c2c(F)c(F)c(F)c(F)c2F)c(F)c(F)c1F.Cc1cc(-c2c(F)c(F)c(F)c(F)c2F)c(F)c(F)c1F.[O]=[Al][OH]. The van der Waals surface area contributed by atoms with E-state index in [4.69, 9.17) is 7.96 Å². The maximum absolute atomic E-state index is 14.7. The summed E-state index contributed by atoms with van der Waals surface area (Å²) >= 11 is -1.50. The van der Waals surface area contributed by atoms with Crippen LogP contribution in [0.25, 0.3) is 44.5 Å². The van der Waals surface area contributed by atoms with Crippen molar-refractivity contribution in [1.29, 1.82) is 0 Å². The topological polar surface area (TPSA) is 37.3 Å². The van der Waals surface area contributed by atoms with Crippen LogP contribution in [-0.4, -0.2) is 38.1 Å². The molecule has 2 nitrogen and oxygen atoms in total. The summed E-state index contributed by atoms with van der Waals surface area (Å²) in [6.45, 7) is 9.37. The van der Waals surface area contributed by atoms with Crippen LogP contribution in [0.1, 0.15) is 74.3 Å². The van der Waals surface area contributed by atoms with E-state index in [0.29, 0.717) is 55.5 Å². The van der Waals surface area contributed by atoms with Crippen LogP contribution < -0.4 is 5.30 Å². The van der Waals surface area contributed by atoms with Crippen molar-refractivity contribution in [1.82, 2.24) is 0 Å². The van der Waals surface area contributed by atoms with E-state index in [-0.39, 0.29) is 5.92 Å². The van der Waals surface area contributed by atoms with Gasteiger partial charge in [-0.3, -0.25) is 0 Å². The molecule has 9 aromatic rings. The predicted octanol–water partition coefficient (Wildman–Crippen LogP) is 25.1. The Balaban J connectivity index is 0.000000298. The van der Waals surface area contributed by atoms with Gasteiger partial charge in [-0.25, -0.2) is 154 Å². The monoisotopic (exact) mass is 1730 g/mol. The average Bonchev–Trinajstić information content (AvgIpc) is 0.749. The van der Waals surface area contributed by atoms with Gasteiger partial charge < -0.3 is 0 Å². The van der Waals surface area contributed by atoms with Gasteiger partial charge in [0.1, 0.15) is 11.4 Å². The van der Waals surface area contributed by atoms with Gasteiger partial charge in [-0.15, -0.1) is 0 Å². The quantitative estimate of drug-likeness (QED) is 0.0411. The van der Waals surface area contributed by atoms with Crippen LogP contribution >= 0.6 is 7.92 Å². The Bertz CT molecular complexity index is 4530. The molecule has 0 amide bonds. The van der Waals surface area contributed by atoms with Crippen molar-refractivity contribution < 1.29 is 184 Å². The van der Waals surface area contributed by atoms with Crippen LogP contribution in [0, 0.1) is 237 Å². The van der Waals surface area contributed by atoms with E-state index in [1.165, 1.54) is 0 Å². The zero-order valence-electron chi connectivity index (χ0n) is 57.2. The van der Waals surface area contributed by atoms with E-state index in [1.54, 1.807) is 0 Å². The Morgan fingerprint density at radius 2 is 0.526 bits per heavy atom. The van der Waals surface area contributed by atoms with Gasteiger partial charge in [-0.05, 0) is 105 Å². The van der Waals surface area contributed by atoms with Crippen molar-refractivity contribution in [3.63, 3.8) is 0 Å². The van der Waals surface area contributed by atoms with E-state index < -0.39 is 317 Å². The van der Waals surface area contributed by atoms with E-state index in [0.717, 1.165) is 40.5 Å². The van der Waals surface area contributed by atoms with Crippen molar-refractivity contribution in [3.8, 4) is 44.5 Å². The molecule has 0 heterocycles. The van der Waals surface area contributed by atoms with Crippen LogP contribution in [0.4, 0.5) is 176 Å². The molecule has 0 aliphatic rings. The van der Waals surface area contributed by atoms with Crippen molar-refractivity contribution >= 4 is 28.7 Å². The molecule has 0 radical (unpaired) electrons. The number of unbranched alkanes of at least 4 members (excludes halogenated alkanes) is 1. The fraction of sp³-hybridized carbons (Fsp3) is 0.229. The van der Waals surface area contributed by atoms with E-state index in [2.05, 4.69) is 0 Å². The molecule has 114 heavy (non-hydrogen) atoms. The molecule has 0 aromatic heterocycles. The summed E-state index contributed by atoms with van der Waals surface area (Å²) in [6.07, 6.45) is -2.70. The molecule has 1 N–H and O–H groups in total. The summed E-state index contributed by atoms with van der Waals surface area (Å²) in [4.78, 5) is 0. The molecule has 0 fully saturated rings. The van der Waals surface area contributed by atoms with Gasteiger partial charge in [-0.2, -0.15) is 22.0 Å². The summed E-state index contributed by atoms with van der Waals surface area (Å²) in [5, 5.41) is -0.556. The Labute approximate surface area is 621 Å². The maximum atomic E-state index is 14.7. The first-order valence-corrected chi connectivity index (χ1v) is 33.3. The van der Waals surface area contributed by atoms with Crippen LogP contribution in [0.5, 0.6) is 0 Å². The summed E-state index contributed by atoms with van der Waals surface area (Å²) in [5.74, 6) is -82.1. The molecule has 44 heteroatoms. The Hall–Kier alpha value is -9.26. The fourth-order valence-corrected chi connectivity index (χ4v) is 12.8. The molecule has 0 saturated carbocycles. The third kappa shape index (κ3) is 19.6. The van der Waals surface area contributed by atoms with Crippen molar-refractivity contribution in [2.24, 2.45) is 5.92 Å². The molecule has 9 rings (SSSR count). The second-order valence-corrected chi connectivity index (χ2v) is 25.8. The summed E-state index contributed by atoms with van der Waals surface area (Å²) in [7, 11) is -1.54. The summed E-state index contributed by atoms with van der Waals surface area (Å²) < 4.78 is 547. The van der Waals surface area contributed by atoms with Gasteiger partial charge in [-0.1, -0.05) is 48.0 Å². The summed E-state index contributed by atoms with van der Waals surface area (Å²) in [6, 6.07) is 2.25. The molecule has 9 aromatic carbocycles. The molecule has 2 unspecified atom stereocenters. The van der Waals surface area contributed by atoms with Gasteiger partial charge >= 0.3 is 35.5 Å². The van der Waals surface area contributed by atoms with Crippen LogP contribution in [0.2, 0.25) is 0 Å². The van der Waals surface area contributed by atoms with Crippen LogP contribution in [-0.2, 0) is 9.73 Å². The number of benzene rings is 9. The Morgan fingerprint density at radius 3 is 0.728 bits per heavy atom. The standard InChI is InChI=1S/C18H23F8P.4C13H4F8.Al.H2O.O/c1-4-6-8-27(10-11(3)7-5-2)13-9-12(19)15(20)14(16(13)21)17(22,23)18(24,25)26;4*1-3-2-4(7(15)10(18)6(3)14)5-8(16)11(19)13(21)12(20)9(5)17;;;/h9,11H,4-8,10H2,1-3H3;4*2H,1H3;;1H2;/q;;;;;+1;;/p-1. The van der Waals surface area contributed by atoms with Crippen LogP contribution in [0.15, 0.2) is 30.3 Å². The second kappa shape index (κ2) is 38.9. The number of hydrogen-bond acceptors (Lipinski definition) is 1. The second-order valence-electron chi connectivity index (χ2n) is 23.3. The molecule has 0 aliphatic carbocycles. The normalized spacial score (nSPS) is 11.8. The first-order chi connectivity index (χ1) is 52.5. The van der Waals surface area contributed by atoms with Crippen molar-refractivity contribution in [2.75, 3.05) is 12.3 Å². The fourth-order valence-electron chi connectivity index (χ4n) is 9.87. The molecule has 620 valence electrons. The van der Waals surface area contributed by atoms with Crippen molar-refractivity contribution in [2.45, 2.75) is 86.2 Å². The van der Waals surface area contributed by atoms with Gasteiger partial charge in [0, 0.05) is 27.6 Å². The molecule has 0 saturated heterocycles. The third-order valence-corrected chi connectivity index (χ3v) is 18.4. The minimum atomic E-state index is -6.23. The summed E-state index contributed by atoms with van der Waals surface area (Å²) in [5.41, 5.74) is -16.5. The number of rotatable bonds is 13. The molecular formula is C70H40AlF40O2P. The minimum absolute atomic E-state index is 0.0528. The first-order valence-electron chi connectivity index (χ1n) is 30.6. The predicted molar refractivity (Wildman–Crippen MR) is 325 cm³/mol. The van der Waals surface area contributed by atoms with Crippen LogP contribution in [0.3, 0.4) is 0 Å². The van der Waals surface area contributed by atoms with Gasteiger partial charge in [0.2, 0.25) is 23.3 Å². The number of halogens is 40. The van der Waals surface area contributed by atoms with E-state index in [1.807, 2.05) is 20.8 Å². The number of aryl methyl sites for hydroxylation is 4.